The van der Waals surface area contributed by atoms with Gasteiger partial charge in [0.15, 0.2) is 5.15 Å². The van der Waals surface area contributed by atoms with Gasteiger partial charge in [-0.15, -0.1) is 0 Å². The van der Waals surface area contributed by atoms with Crippen LogP contribution in [0, 0.1) is 0 Å². The van der Waals surface area contributed by atoms with Gasteiger partial charge < -0.3 is 10.5 Å². The first-order chi connectivity index (χ1) is 5.68. The van der Waals surface area contributed by atoms with Crippen LogP contribution in [-0.2, 0) is 0 Å². The van der Waals surface area contributed by atoms with Crippen molar-refractivity contribution in [1.29, 1.82) is 0 Å². The molecule has 0 radical (unpaired) electrons. The Morgan fingerprint density at radius 3 is 3.00 bits per heavy atom. The lowest BCUT2D eigenvalue weighted by Crippen LogP contribution is -2.23. The molecule has 0 saturated carbocycles. The molecule has 0 aromatic carbocycles. The Balaban J connectivity index is 2.52. The third-order valence-corrected chi connectivity index (χ3v) is 1.26. The number of hydrogen-bond acceptors (Lipinski definition) is 4. The lowest BCUT2D eigenvalue weighted by atomic mass is 10.4. The van der Waals surface area contributed by atoms with Crippen LogP contribution in [0.2, 0.25) is 5.15 Å². The fourth-order valence-corrected chi connectivity index (χ4v) is 0.752. The molecule has 0 fully saturated rings. The van der Waals surface area contributed by atoms with E-state index >= 15 is 0 Å². The fraction of sp³-hybridized carbons (Fsp3) is 0.429. The second kappa shape index (κ2) is 4.23. The summed E-state index contributed by atoms with van der Waals surface area (Å²) in [7, 11) is 0. The summed E-state index contributed by atoms with van der Waals surface area (Å²) in [6, 6.07) is -0.0224. The summed E-state index contributed by atoms with van der Waals surface area (Å²) < 4.78 is 5.17. The van der Waals surface area contributed by atoms with Crippen molar-refractivity contribution >= 4 is 11.6 Å². The highest BCUT2D eigenvalue weighted by Gasteiger charge is 1.99. The SMILES string of the molecule is CC(N)COc1cncc(Cl)n1. The van der Waals surface area contributed by atoms with Crippen LogP contribution in [0.5, 0.6) is 5.88 Å². The van der Waals surface area contributed by atoms with E-state index in [1.807, 2.05) is 6.92 Å². The van der Waals surface area contributed by atoms with Crippen LogP contribution in [0.15, 0.2) is 12.4 Å². The van der Waals surface area contributed by atoms with Gasteiger partial charge in [-0.1, -0.05) is 11.6 Å². The molecule has 1 rings (SSSR count). The summed E-state index contributed by atoms with van der Waals surface area (Å²) in [5.74, 6) is 0.403. The molecule has 66 valence electrons. The van der Waals surface area contributed by atoms with Gasteiger partial charge >= 0.3 is 0 Å². The Morgan fingerprint density at radius 2 is 2.42 bits per heavy atom. The summed E-state index contributed by atoms with van der Waals surface area (Å²) >= 11 is 5.58. The number of nitrogens with two attached hydrogens (primary N) is 1. The number of aromatic nitrogens is 2. The average Bonchev–Trinajstić information content (AvgIpc) is 2.01. The van der Waals surface area contributed by atoms with Crippen LogP contribution in [0.25, 0.3) is 0 Å². The molecular weight excluding hydrogens is 178 g/mol. The lowest BCUT2D eigenvalue weighted by Gasteiger charge is -2.06. The van der Waals surface area contributed by atoms with Crippen LogP contribution in [0.4, 0.5) is 0 Å². The van der Waals surface area contributed by atoms with Crippen molar-refractivity contribution < 1.29 is 4.74 Å². The summed E-state index contributed by atoms with van der Waals surface area (Å²) in [6.07, 6.45) is 2.94. The van der Waals surface area contributed by atoms with Crippen molar-refractivity contribution in [2.75, 3.05) is 6.61 Å². The molecule has 12 heavy (non-hydrogen) atoms. The van der Waals surface area contributed by atoms with Crippen molar-refractivity contribution in [3.8, 4) is 5.88 Å². The third kappa shape index (κ3) is 3.02. The van der Waals surface area contributed by atoms with E-state index in [0.717, 1.165) is 0 Å². The van der Waals surface area contributed by atoms with Crippen LogP contribution in [0.3, 0.4) is 0 Å². The van der Waals surface area contributed by atoms with Crippen molar-refractivity contribution in [2.24, 2.45) is 5.73 Å². The minimum Gasteiger partial charge on any atom is -0.475 e. The van der Waals surface area contributed by atoms with Gasteiger partial charge in [-0.25, -0.2) is 0 Å². The summed E-state index contributed by atoms with van der Waals surface area (Å²) in [5, 5.41) is 0.317. The van der Waals surface area contributed by atoms with Crippen molar-refractivity contribution in [3.63, 3.8) is 0 Å². The van der Waals surface area contributed by atoms with E-state index < -0.39 is 0 Å². The van der Waals surface area contributed by atoms with Gasteiger partial charge in [0, 0.05) is 6.04 Å². The average molecular weight is 188 g/mol. The fourth-order valence-electron chi connectivity index (χ4n) is 0.612. The van der Waals surface area contributed by atoms with E-state index in [9.17, 15) is 0 Å². The Bertz CT molecular complexity index is 254. The molecule has 1 unspecified atom stereocenters. The molecule has 0 spiro atoms. The first-order valence-corrected chi connectivity index (χ1v) is 3.92. The number of halogens is 1. The molecule has 1 heterocycles. The monoisotopic (exact) mass is 187 g/mol. The summed E-state index contributed by atoms with van der Waals surface area (Å²) in [5.41, 5.74) is 5.47. The zero-order chi connectivity index (χ0) is 8.97. The maximum atomic E-state index is 5.58. The second-order valence-corrected chi connectivity index (χ2v) is 2.86. The van der Waals surface area contributed by atoms with Gasteiger partial charge in [-0.05, 0) is 6.92 Å². The quantitative estimate of drug-likeness (QED) is 0.763. The molecule has 5 heteroatoms. The zero-order valence-corrected chi connectivity index (χ0v) is 7.45. The summed E-state index contributed by atoms with van der Waals surface area (Å²) in [4.78, 5) is 7.67. The molecule has 0 aliphatic carbocycles. The van der Waals surface area contributed by atoms with Crippen molar-refractivity contribution in [3.05, 3.63) is 17.5 Å². The standard InChI is InChI=1S/C7H10ClN3O/c1-5(9)4-12-7-3-10-2-6(8)11-7/h2-3,5H,4,9H2,1H3. The van der Waals surface area contributed by atoms with E-state index in [1.165, 1.54) is 12.4 Å². The molecule has 1 atom stereocenters. The molecule has 2 N–H and O–H groups in total. The topological polar surface area (TPSA) is 61.0 Å². The summed E-state index contributed by atoms with van der Waals surface area (Å²) in [6.45, 7) is 2.26. The highest BCUT2D eigenvalue weighted by Crippen LogP contribution is 2.08. The number of ether oxygens (including phenoxy) is 1. The van der Waals surface area contributed by atoms with Crippen molar-refractivity contribution in [1.82, 2.24) is 9.97 Å². The Kier molecular flexibility index (Phi) is 3.25. The number of rotatable bonds is 3. The molecule has 0 amide bonds. The third-order valence-electron chi connectivity index (χ3n) is 1.08. The molecular formula is C7H10ClN3O. The van der Waals surface area contributed by atoms with Gasteiger partial charge in [-0.3, -0.25) is 4.98 Å². The maximum Gasteiger partial charge on any atom is 0.233 e. The Hall–Kier alpha value is -0.870. The van der Waals surface area contributed by atoms with E-state index in [1.54, 1.807) is 0 Å². The van der Waals surface area contributed by atoms with Gasteiger partial charge in [0.05, 0.1) is 12.4 Å². The van der Waals surface area contributed by atoms with Gasteiger partial charge in [0.2, 0.25) is 5.88 Å². The van der Waals surface area contributed by atoms with Crippen LogP contribution in [0.1, 0.15) is 6.92 Å². The van der Waals surface area contributed by atoms with Gasteiger partial charge in [-0.2, -0.15) is 4.98 Å². The Labute approximate surface area is 75.7 Å². The van der Waals surface area contributed by atoms with E-state index in [2.05, 4.69) is 9.97 Å². The molecule has 0 bridgehead atoms. The highest BCUT2D eigenvalue weighted by molar-refractivity contribution is 6.29. The highest BCUT2D eigenvalue weighted by atomic mass is 35.5. The second-order valence-electron chi connectivity index (χ2n) is 2.47. The Morgan fingerprint density at radius 1 is 1.67 bits per heavy atom. The largest absolute Gasteiger partial charge is 0.475 e. The predicted molar refractivity (Wildman–Crippen MR) is 46.2 cm³/mol. The van der Waals surface area contributed by atoms with E-state index in [0.29, 0.717) is 17.6 Å². The first kappa shape index (κ1) is 9.22. The van der Waals surface area contributed by atoms with E-state index in [4.69, 9.17) is 22.1 Å². The van der Waals surface area contributed by atoms with Gasteiger partial charge in [0.1, 0.15) is 6.61 Å². The van der Waals surface area contributed by atoms with Crippen LogP contribution < -0.4 is 10.5 Å². The molecule has 1 aromatic heterocycles. The van der Waals surface area contributed by atoms with E-state index in [-0.39, 0.29) is 6.04 Å². The first-order valence-electron chi connectivity index (χ1n) is 3.54. The minimum absolute atomic E-state index is 0.0224. The van der Waals surface area contributed by atoms with Gasteiger partial charge in [0.25, 0.3) is 0 Å². The smallest absolute Gasteiger partial charge is 0.233 e. The predicted octanol–water partition coefficient (Wildman–Crippen LogP) is 0.856. The number of hydrogen-bond donors (Lipinski definition) is 1. The van der Waals surface area contributed by atoms with Crippen LogP contribution >= 0.6 is 11.6 Å². The lowest BCUT2D eigenvalue weighted by molar-refractivity contribution is 0.284. The van der Waals surface area contributed by atoms with Crippen molar-refractivity contribution in [2.45, 2.75) is 13.0 Å². The molecule has 1 aromatic rings. The molecule has 0 aliphatic heterocycles. The molecule has 0 aliphatic rings. The molecule has 0 saturated heterocycles. The van der Waals surface area contributed by atoms with Crippen LogP contribution in [-0.4, -0.2) is 22.6 Å². The molecule has 4 nitrogen and oxygen atoms in total. The number of nitrogens with zero attached hydrogens (tertiary/aromatic N) is 2. The minimum atomic E-state index is -0.0224. The maximum absolute atomic E-state index is 5.58. The normalized spacial score (nSPS) is 12.6. The zero-order valence-electron chi connectivity index (χ0n) is 6.70.